The van der Waals surface area contributed by atoms with Gasteiger partial charge >= 0.3 is 0 Å². The monoisotopic (exact) mass is 551 g/mol. The Morgan fingerprint density at radius 1 is 1.15 bits per heavy atom. The van der Waals surface area contributed by atoms with E-state index in [2.05, 4.69) is 9.97 Å². The number of benzene rings is 1. The Morgan fingerprint density at radius 3 is 2.54 bits per heavy atom. The number of pyridine rings is 1. The quantitative estimate of drug-likeness (QED) is 0.353. The minimum absolute atomic E-state index is 0.0652. The van der Waals surface area contributed by atoms with Crippen molar-refractivity contribution in [3.05, 3.63) is 80.9 Å². The van der Waals surface area contributed by atoms with Crippen LogP contribution in [0.4, 0.5) is 16.0 Å². The van der Waals surface area contributed by atoms with Crippen LogP contribution in [0.5, 0.6) is 5.88 Å². The third kappa shape index (κ3) is 4.32. The van der Waals surface area contributed by atoms with Gasteiger partial charge in [-0.2, -0.15) is 4.98 Å². The molecule has 4 aromatic rings. The van der Waals surface area contributed by atoms with Gasteiger partial charge in [0.25, 0.3) is 11.5 Å². The van der Waals surface area contributed by atoms with E-state index in [1.54, 1.807) is 30.3 Å². The number of anilines is 2. The van der Waals surface area contributed by atoms with Crippen LogP contribution in [-0.2, 0) is 7.05 Å². The summed E-state index contributed by atoms with van der Waals surface area (Å²) in [6.07, 6.45) is 3.07. The van der Waals surface area contributed by atoms with E-state index >= 15 is 0 Å². The minimum Gasteiger partial charge on any atom is -0.480 e. The molecule has 4 heterocycles. The number of aryl methyl sites for hydroxylation is 1. The maximum Gasteiger partial charge on any atom is 0.279 e. The molecule has 1 unspecified atom stereocenters. The molecular weight excluding hydrogens is 525 g/mol. The van der Waals surface area contributed by atoms with Gasteiger partial charge in [0.15, 0.2) is 5.69 Å². The van der Waals surface area contributed by atoms with Crippen LogP contribution in [0.15, 0.2) is 47.5 Å². The van der Waals surface area contributed by atoms with E-state index in [-0.39, 0.29) is 28.3 Å². The van der Waals surface area contributed by atoms with Gasteiger partial charge in [-0.15, -0.1) is 0 Å². The highest BCUT2D eigenvalue weighted by Gasteiger charge is 2.46. The van der Waals surface area contributed by atoms with E-state index in [0.717, 1.165) is 0 Å². The van der Waals surface area contributed by atoms with Crippen LogP contribution in [0.1, 0.15) is 47.7 Å². The summed E-state index contributed by atoms with van der Waals surface area (Å²) in [6.45, 7) is 3.89. The molecule has 0 saturated carbocycles. The number of rotatable bonds is 6. The number of imidazole rings is 1. The summed E-state index contributed by atoms with van der Waals surface area (Å²) in [7, 11) is 6.68. The van der Waals surface area contributed by atoms with Crippen molar-refractivity contribution in [1.82, 2.24) is 24.1 Å². The number of ether oxygens (including phenoxy) is 1. The van der Waals surface area contributed by atoms with Crippen LogP contribution < -0.4 is 20.1 Å². The number of carbonyl (C=O) groups is 1. The fourth-order valence-electron chi connectivity index (χ4n) is 4.87. The van der Waals surface area contributed by atoms with Gasteiger partial charge in [-0.3, -0.25) is 14.5 Å². The van der Waals surface area contributed by atoms with Crippen LogP contribution >= 0.6 is 11.6 Å². The first kappa shape index (κ1) is 26.4. The Hall–Kier alpha value is -4.25. The summed E-state index contributed by atoms with van der Waals surface area (Å²) in [4.78, 5) is 44.0. The first-order chi connectivity index (χ1) is 18.5. The zero-order valence-electron chi connectivity index (χ0n) is 22.3. The van der Waals surface area contributed by atoms with Gasteiger partial charge in [0.05, 0.1) is 23.4 Å². The maximum absolute atomic E-state index is 14.5. The van der Waals surface area contributed by atoms with Crippen molar-refractivity contribution in [3.8, 4) is 17.3 Å². The molecule has 1 atom stereocenters. The highest BCUT2D eigenvalue weighted by molar-refractivity contribution is 6.30. The Balaban J connectivity index is 1.81. The summed E-state index contributed by atoms with van der Waals surface area (Å²) in [5.74, 6) is 0.171. The largest absolute Gasteiger partial charge is 0.480 e. The van der Waals surface area contributed by atoms with E-state index in [0.29, 0.717) is 28.6 Å². The third-order valence-corrected chi connectivity index (χ3v) is 6.74. The molecular formula is C27H27ClFN7O3. The highest BCUT2D eigenvalue weighted by Crippen LogP contribution is 2.45. The van der Waals surface area contributed by atoms with Gasteiger partial charge in [0.2, 0.25) is 11.8 Å². The van der Waals surface area contributed by atoms with Crippen LogP contribution in [0.25, 0.3) is 11.4 Å². The first-order valence-electron chi connectivity index (χ1n) is 12.2. The Labute approximate surface area is 229 Å². The molecule has 1 aromatic carbocycles. The molecule has 0 N–H and O–H groups in total. The molecule has 1 aliphatic heterocycles. The third-order valence-electron chi connectivity index (χ3n) is 6.53. The molecule has 10 nitrogen and oxygen atoms in total. The second kappa shape index (κ2) is 9.81. The van der Waals surface area contributed by atoms with Crippen molar-refractivity contribution < 1.29 is 13.9 Å². The van der Waals surface area contributed by atoms with Crippen molar-refractivity contribution in [2.24, 2.45) is 7.05 Å². The number of fused-ring (bicyclic) bond motifs is 1. The molecule has 0 radical (unpaired) electrons. The topological polar surface area (TPSA) is 98.4 Å². The standard InChI is InChI=1S/C27H27ClFN7O3/c1-14(2)35-22-20(31-23(35)18-12-30-27(33(3)4)32-24(18)39-6)26(38)36(19-11-16(28)13-34(5)25(19)37)21(22)15-8-7-9-17(29)10-15/h7-14,21H,1-6H3. The number of amides is 1. The van der Waals surface area contributed by atoms with Gasteiger partial charge in [-0.05, 0) is 37.6 Å². The lowest BCUT2D eigenvalue weighted by molar-refractivity contribution is 0.0989. The number of aromatic nitrogens is 5. The highest BCUT2D eigenvalue weighted by atomic mass is 35.5. The van der Waals surface area contributed by atoms with E-state index < -0.39 is 23.3 Å². The van der Waals surface area contributed by atoms with Crippen molar-refractivity contribution in [2.75, 3.05) is 31.0 Å². The number of halogens is 2. The van der Waals surface area contributed by atoms with Gasteiger partial charge in [0.1, 0.15) is 23.4 Å². The zero-order chi connectivity index (χ0) is 28.2. The molecule has 0 bridgehead atoms. The van der Waals surface area contributed by atoms with Crippen LogP contribution in [-0.4, -0.2) is 51.2 Å². The summed E-state index contributed by atoms with van der Waals surface area (Å²) in [5.41, 5.74) is 1.25. The molecule has 0 spiro atoms. The molecule has 12 heteroatoms. The van der Waals surface area contributed by atoms with Gasteiger partial charge < -0.3 is 18.8 Å². The lowest BCUT2D eigenvalue weighted by Gasteiger charge is -2.28. The Morgan fingerprint density at radius 2 is 1.90 bits per heavy atom. The lowest BCUT2D eigenvalue weighted by Crippen LogP contribution is -2.36. The van der Waals surface area contributed by atoms with Gasteiger partial charge in [-0.1, -0.05) is 23.7 Å². The fourth-order valence-corrected chi connectivity index (χ4v) is 5.12. The molecule has 202 valence electrons. The molecule has 1 aliphatic rings. The Bertz CT molecular complexity index is 1660. The smallest absolute Gasteiger partial charge is 0.279 e. The lowest BCUT2D eigenvalue weighted by atomic mass is 10.0. The number of nitrogens with zero attached hydrogens (tertiary/aromatic N) is 7. The summed E-state index contributed by atoms with van der Waals surface area (Å²) < 4.78 is 23.3. The molecule has 1 amide bonds. The van der Waals surface area contributed by atoms with Crippen molar-refractivity contribution in [2.45, 2.75) is 25.9 Å². The van der Waals surface area contributed by atoms with Gasteiger partial charge in [0, 0.05) is 39.6 Å². The predicted molar refractivity (Wildman–Crippen MR) is 146 cm³/mol. The summed E-state index contributed by atoms with van der Waals surface area (Å²) in [6, 6.07) is 6.34. The average molecular weight is 552 g/mol. The van der Waals surface area contributed by atoms with E-state index in [1.807, 2.05) is 32.5 Å². The molecule has 39 heavy (non-hydrogen) atoms. The number of hydrogen-bond acceptors (Lipinski definition) is 7. The van der Waals surface area contributed by atoms with Crippen molar-refractivity contribution >= 4 is 29.1 Å². The molecule has 0 fully saturated rings. The van der Waals surface area contributed by atoms with Crippen LogP contribution in [0.3, 0.4) is 0 Å². The Kier molecular flexibility index (Phi) is 6.63. The SMILES string of the molecule is COc1nc(N(C)C)ncc1-c1nc2c(n1C(C)C)C(c1cccc(F)c1)N(c1cc(Cl)cn(C)c1=O)C2=O. The predicted octanol–water partition coefficient (Wildman–Crippen LogP) is 4.24. The fraction of sp³-hybridized carbons (Fsp3) is 0.296. The minimum atomic E-state index is -0.856. The van der Waals surface area contributed by atoms with Crippen molar-refractivity contribution in [3.63, 3.8) is 0 Å². The second-order valence-electron chi connectivity index (χ2n) is 9.71. The number of carbonyl (C=O) groups excluding carboxylic acids is 1. The molecule has 5 rings (SSSR count). The number of hydrogen-bond donors (Lipinski definition) is 0. The van der Waals surface area contributed by atoms with Crippen LogP contribution in [0, 0.1) is 5.82 Å². The molecule has 3 aromatic heterocycles. The van der Waals surface area contributed by atoms with E-state index in [1.165, 1.54) is 41.0 Å². The maximum atomic E-state index is 14.5. The molecule has 0 aliphatic carbocycles. The zero-order valence-corrected chi connectivity index (χ0v) is 23.1. The van der Waals surface area contributed by atoms with Crippen molar-refractivity contribution in [1.29, 1.82) is 0 Å². The molecule has 0 saturated heterocycles. The average Bonchev–Trinajstić information content (AvgIpc) is 3.40. The summed E-state index contributed by atoms with van der Waals surface area (Å²) >= 11 is 6.30. The van der Waals surface area contributed by atoms with Crippen LogP contribution in [0.2, 0.25) is 5.02 Å². The number of methoxy groups -OCH3 is 1. The summed E-state index contributed by atoms with van der Waals surface area (Å²) in [5, 5.41) is 0.276. The van der Waals surface area contributed by atoms with E-state index in [9.17, 15) is 14.0 Å². The van der Waals surface area contributed by atoms with Gasteiger partial charge in [-0.25, -0.2) is 14.4 Å². The normalized spacial score (nSPS) is 14.7. The first-order valence-corrected chi connectivity index (χ1v) is 12.6. The second-order valence-corrected chi connectivity index (χ2v) is 10.1. The van der Waals surface area contributed by atoms with E-state index in [4.69, 9.17) is 21.3 Å².